The number of hydrogen-bond donors (Lipinski definition) is 3. The van der Waals surface area contributed by atoms with Gasteiger partial charge in [0.1, 0.15) is 10.7 Å². The first-order valence-electron chi connectivity index (χ1n) is 13.4. The van der Waals surface area contributed by atoms with Gasteiger partial charge in [0.15, 0.2) is 5.13 Å². The number of nitrogens with one attached hydrogen (secondary N) is 2. The Bertz CT molecular complexity index is 1490. The summed E-state index contributed by atoms with van der Waals surface area (Å²) in [6, 6.07) is 8.14. The Labute approximate surface area is 243 Å². The monoisotopic (exact) mass is 601 g/mol. The van der Waals surface area contributed by atoms with Crippen LogP contribution >= 0.6 is 11.3 Å². The second kappa shape index (κ2) is 13.4. The maximum atomic E-state index is 13.2. The molecule has 1 saturated carbocycles. The number of thiazole rings is 1. The molecule has 2 heterocycles. The lowest BCUT2D eigenvalue weighted by atomic mass is 9.94. The molecular weight excluding hydrogens is 566 g/mol. The predicted molar refractivity (Wildman–Crippen MR) is 157 cm³/mol. The highest BCUT2D eigenvalue weighted by Crippen LogP contribution is 2.27. The molecule has 41 heavy (non-hydrogen) atoms. The number of likely N-dealkylation sites (N-methyl/N-ethyl adjacent to an activating group) is 1. The molecule has 0 radical (unpaired) electrons. The maximum absolute atomic E-state index is 13.2. The van der Waals surface area contributed by atoms with E-state index in [4.69, 9.17) is 9.88 Å². The SMILES string of the molecule is CCOC(=O)c1sc(Nc2nc(CC(=O)N(C)C3CCCCC3)cc(NCc3ccc(S(N)(=O)=O)cc3)n2)nc1C. The fourth-order valence-corrected chi connectivity index (χ4v) is 5.98. The van der Waals surface area contributed by atoms with E-state index in [0.717, 1.165) is 42.6 Å². The van der Waals surface area contributed by atoms with Crippen molar-refractivity contribution in [2.45, 2.75) is 69.9 Å². The van der Waals surface area contributed by atoms with Gasteiger partial charge in [0.05, 0.1) is 29.3 Å². The summed E-state index contributed by atoms with van der Waals surface area (Å²) in [7, 11) is -1.94. The van der Waals surface area contributed by atoms with Gasteiger partial charge in [0.25, 0.3) is 0 Å². The van der Waals surface area contributed by atoms with Gasteiger partial charge in [0, 0.05) is 25.7 Å². The zero-order valence-corrected chi connectivity index (χ0v) is 25.0. The Morgan fingerprint density at radius 2 is 1.83 bits per heavy atom. The van der Waals surface area contributed by atoms with Gasteiger partial charge in [-0.15, -0.1) is 0 Å². The molecule has 12 nitrogen and oxygen atoms in total. The molecular formula is C27H35N7O5S2. The number of amides is 1. The normalized spacial score (nSPS) is 14.0. The molecule has 4 rings (SSSR count). The number of aromatic nitrogens is 3. The average Bonchev–Trinajstić information content (AvgIpc) is 3.31. The number of carbonyl (C=O) groups excluding carboxylic acids is 2. The topological polar surface area (TPSA) is 169 Å². The second-order valence-electron chi connectivity index (χ2n) is 9.86. The van der Waals surface area contributed by atoms with Gasteiger partial charge in [-0.05, 0) is 44.4 Å². The third-order valence-electron chi connectivity index (χ3n) is 6.83. The van der Waals surface area contributed by atoms with E-state index in [1.165, 1.54) is 18.6 Å². The molecule has 14 heteroatoms. The Kier molecular flexibility index (Phi) is 9.89. The highest BCUT2D eigenvalue weighted by molar-refractivity contribution is 7.89. The Morgan fingerprint density at radius 1 is 1.12 bits per heavy atom. The summed E-state index contributed by atoms with van der Waals surface area (Å²) in [6.45, 7) is 4.05. The summed E-state index contributed by atoms with van der Waals surface area (Å²) in [5.74, 6) is 0.199. The summed E-state index contributed by atoms with van der Waals surface area (Å²) < 4.78 is 28.2. The fourth-order valence-electron chi connectivity index (χ4n) is 4.61. The molecule has 2 aromatic heterocycles. The van der Waals surface area contributed by atoms with Gasteiger partial charge in [0.2, 0.25) is 21.9 Å². The Hall–Kier alpha value is -3.62. The maximum Gasteiger partial charge on any atom is 0.350 e. The number of sulfonamides is 1. The number of primary sulfonamides is 1. The van der Waals surface area contributed by atoms with Crippen LogP contribution < -0.4 is 15.8 Å². The lowest BCUT2D eigenvalue weighted by molar-refractivity contribution is -0.131. The van der Waals surface area contributed by atoms with Crippen LogP contribution in [0.5, 0.6) is 0 Å². The van der Waals surface area contributed by atoms with Crippen molar-refractivity contribution in [2.75, 3.05) is 24.3 Å². The predicted octanol–water partition coefficient (Wildman–Crippen LogP) is 3.75. The quantitative estimate of drug-likeness (QED) is 0.275. The summed E-state index contributed by atoms with van der Waals surface area (Å²) in [4.78, 5) is 41.2. The summed E-state index contributed by atoms with van der Waals surface area (Å²) >= 11 is 1.13. The van der Waals surface area contributed by atoms with Crippen molar-refractivity contribution in [1.29, 1.82) is 0 Å². The molecule has 1 aliphatic carbocycles. The van der Waals surface area contributed by atoms with E-state index >= 15 is 0 Å². The third kappa shape index (κ3) is 8.21. The fraction of sp³-hybridized carbons (Fsp3) is 0.444. The van der Waals surface area contributed by atoms with Crippen molar-refractivity contribution >= 4 is 50.1 Å². The van der Waals surface area contributed by atoms with Gasteiger partial charge in [-0.2, -0.15) is 4.98 Å². The number of nitrogens with two attached hydrogens (primary N) is 1. The third-order valence-corrected chi connectivity index (χ3v) is 8.81. The molecule has 1 aliphatic rings. The summed E-state index contributed by atoms with van der Waals surface area (Å²) in [5, 5.41) is 11.9. The first-order valence-corrected chi connectivity index (χ1v) is 15.8. The largest absolute Gasteiger partial charge is 0.462 e. The van der Waals surface area contributed by atoms with Crippen LogP contribution in [-0.4, -0.2) is 59.8 Å². The lowest BCUT2D eigenvalue weighted by Crippen LogP contribution is -2.39. The van der Waals surface area contributed by atoms with Crippen LogP contribution in [0.25, 0.3) is 0 Å². The van der Waals surface area contributed by atoms with E-state index in [0.29, 0.717) is 33.8 Å². The molecule has 0 bridgehead atoms. The number of nitrogens with zero attached hydrogens (tertiary/aromatic N) is 4. The van der Waals surface area contributed by atoms with E-state index in [-0.39, 0.29) is 35.8 Å². The lowest BCUT2D eigenvalue weighted by Gasteiger charge is -2.31. The van der Waals surface area contributed by atoms with E-state index in [1.807, 2.05) is 11.9 Å². The first kappa shape index (κ1) is 30.3. The zero-order valence-electron chi connectivity index (χ0n) is 23.3. The van der Waals surface area contributed by atoms with Gasteiger partial charge in [-0.25, -0.2) is 28.3 Å². The molecule has 220 valence electrons. The zero-order chi connectivity index (χ0) is 29.6. The standard InChI is InChI=1S/C27H35N7O5S2/c1-4-39-25(36)24-17(2)30-27(40-24)33-26-31-19(15-23(35)34(3)20-8-6-5-7-9-20)14-22(32-26)29-16-18-10-12-21(13-11-18)41(28,37)38/h10-14,20H,4-9,15-16H2,1-3H3,(H2,28,37,38)(H2,29,30,31,32,33). The number of aryl methyl sites for hydroxylation is 1. The van der Waals surface area contributed by atoms with Crippen LogP contribution in [0.4, 0.5) is 16.9 Å². The van der Waals surface area contributed by atoms with Crippen molar-refractivity contribution < 1.29 is 22.7 Å². The van der Waals surface area contributed by atoms with E-state index in [2.05, 4.69) is 25.6 Å². The molecule has 1 amide bonds. The Balaban J connectivity index is 1.55. The number of esters is 1. The second-order valence-corrected chi connectivity index (χ2v) is 12.4. The number of ether oxygens (including phenoxy) is 1. The number of rotatable bonds is 11. The minimum atomic E-state index is -3.78. The van der Waals surface area contributed by atoms with Crippen LogP contribution in [0.3, 0.4) is 0 Å². The van der Waals surface area contributed by atoms with E-state index in [1.54, 1.807) is 32.0 Å². The van der Waals surface area contributed by atoms with E-state index < -0.39 is 16.0 Å². The van der Waals surface area contributed by atoms with Gasteiger partial charge in [-0.3, -0.25) is 10.1 Å². The minimum Gasteiger partial charge on any atom is -0.462 e. The minimum absolute atomic E-state index is 0.0265. The molecule has 0 unspecified atom stereocenters. The number of hydrogen-bond acceptors (Lipinski definition) is 11. The van der Waals surface area contributed by atoms with Gasteiger partial charge >= 0.3 is 5.97 Å². The van der Waals surface area contributed by atoms with E-state index in [9.17, 15) is 18.0 Å². The molecule has 3 aromatic rings. The highest BCUT2D eigenvalue weighted by Gasteiger charge is 2.23. The molecule has 0 saturated heterocycles. The molecule has 0 atom stereocenters. The smallest absolute Gasteiger partial charge is 0.350 e. The first-order chi connectivity index (χ1) is 19.5. The van der Waals surface area contributed by atoms with Crippen molar-refractivity contribution in [3.63, 3.8) is 0 Å². The van der Waals surface area contributed by atoms with Crippen molar-refractivity contribution in [3.8, 4) is 0 Å². The molecule has 1 aromatic carbocycles. The molecule has 0 aliphatic heterocycles. The van der Waals surface area contributed by atoms with Crippen LogP contribution in [0.1, 0.15) is 65.7 Å². The van der Waals surface area contributed by atoms with Gasteiger partial charge in [-0.1, -0.05) is 42.7 Å². The number of benzene rings is 1. The molecule has 1 fully saturated rings. The molecule has 4 N–H and O–H groups in total. The number of anilines is 3. The van der Waals surface area contributed by atoms with Crippen molar-refractivity contribution in [1.82, 2.24) is 19.9 Å². The van der Waals surface area contributed by atoms with Crippen molar-refractivity contribution in [2.24, 2.45) is 5.14 Å². The van der Waals surface area contributed by atoms with Crippen LogP contribution in [-0.2, 0) is 32.5 Å². The van der Waals surface area contributed by atoms with Crippen LogP contribution in [0, 0.1) is 6.92 Å². The highest BCUT2D eigenvalue weighted by atomic mass is 32.2. The van der Waals surface area contributed by atoms with Crippen LogP contribution in [0.2, 0.25) is 0 Å². The van der Waals surface area contributed by atoms with Crippen molar-refractivity contribution in [3.05, 3.63) is 52.2 Å². The summed E-state index contributed by atoms with van der Waals surface area (Å²) in [6.07, 6.45) is 5.54. The Morgan fingerprint density at radius 3 is 2.49 bits per heavy atom. The number of carbonyl (C=O) groups is 2. The molecule has 0 spiro atoms. The average molecular weight is 602 g/mol. The summed E-state index contributed by atoms with van der Waals surface area (Å²) in [5.41, 5.74) is 1.84. The van der Waals surface area contributed by atoms with Gasteiger partial charge < -0.3 is 15.0 Å². The van der Waals surface area contributed by atoms with Crippen LogP contribution in [0.15, 0.2) is 35.2 Å².